The molecule has 0 radical (unpaired) electrons. The van der Waals surface area contributed by atoms with Crippen LogP contribution in [-0.4, -0.2) is 11.1 Å². The van der Waals surface area contributed by atoms with Crippen LogP contribution in [-0.2, 0) is 4.79 Å². The van der Waals surface area contributed by atoms with Gasteiger partial charge in [0.05, 0.1) is 6.42 Å². The molecule has 0 bridgehead atoms. The lowest BCUT2D eigenvalue weighted by atomic mass is 10.1. The Morgan fingerprint density at radius 1 is 1.53 bits per heavy atom. The molecule has 2 heteroatoms. The number of hydrogen-bond donors (Lipinski definition) is 1. The molecule has 0 rings (SSSR count). The van der Waals surface area contributed by atoms with Crippen molar-refractivity contribution in [3.05, 3.63) is 23.8 Å². The molecule has 0 saturated heterocycles. The molecule has 0 fully saturated rings. The van der Waals surface area contributed by atoms with Crippen molar-refractivity contribution in [1.29, 1.82) is 0 Å². The van der Waals surface area contributed by atoms with Crippen molar-refractivity contribution in [2.75, 3.05) is 0 Å². The molecule has 0 heterocycles. The lowest BCUT2D eigenvalue weighted by Crippen LogP contribution is -1.96. The highest BCUT2D eigenvalue weighted by Gasteiger charge is 2.00. The number of carboxylic acids is 1. The molecule has 84 valence electrons. The zero-order valence-electron chi connectivity index (χ0n) is 9.79. The van der Waals surface area contributed by atoms with Gasteiger partial charge in [0.1, 0.15) is 0 Å². The van der Waals surface area contributed by atoms with Crippen LogP contribution in [0.25, 0.3) is 0 Å². The maximum absolute atomic E-state index is 10.4. The number of aliphatic carboxylic acids is 1. The summed E-state index contributed by atoms with van der Waals surface area (Å²) in [6, 6.07) is 0. The Balaban J connectivity index is 0. The van der Waals surface area contributed by atoms with Crippen molar-refractivity contribution in [2.45, 2.75) is 40.0 Å². The molecule has 0 aromatic heterocycles. The van der Waals surface area contributed by atoms with Gasteiger partial charge in [-0.3, -0.25) is 4.79 Å². The normalized spacial score (nSPS) is 10.4. The summed E-state index contributed by atoms with van der Waals surface area (Å²) in [6.07, 6.45) is 12.3. The van der Waals surface area contributed by atoms with Crippen molar-refractivity contribution < 1.29 is 9.90 Å². The summed E-state index contributed by atoms with van der Waals surface area (Å²) in [5, 5.41) is 8.54. The molecule has 0 aromatic carbocycles. The number of hydrogen-bond acceptors (Lipinski definition) is 1. The highest BCUT2D eigenvalue weighted by Crippen LogP contribution is 2.08. The Bertz CT molecular complexity index is 254. The minimum atomic E-state index is -0.751. The van der Waals surface area contributed by atoms with Crippen LogP contribution in [0.2, 0.25) is 0 Å². The number of carboxylic acid groups (broad SMARTS) is 1. The van der Waals surface area contributed by atoms with Crippen LogP contribution in [0.1, 0.15) is 40.0 Å². The summed E-state index contributed by atoms with van der Waals surface area (Å²) >= 11 is 0. The molecular weight excluding hydrogens is 188 g/mol. The van der Waals surface area contributed by atoms with Gasteiger partial charge in [-0.25, -0.2) is 0 Å². The molecule has 0 aliphatic heterocycles. The first kappa shape index (κ1) is 16.0. The Morgan fingerprint density at radius 2 is 2.07 bits per heavy atom. The van der Waals surface area contributed by atoms with Crippen molar-refractivity contribution in [2.24, 2.45) is 0 Å². The third-order valence-corrected chi connectivity index (χ3v) is 1.49. The van der Waals surface area contributed by atoms with E-state index in [0.717, 1.165) is 18.4 Å². The summed E-state index contributed by atoms with van der Waals surface area (Å²) in [5.74, 6) is 1.50. The van der Waals surface area contributed by atoms with E-state index in [2.05, 4.69) is 12.3 Å². The predicted molar refractivity (Wildman–Crippen MR) is 64.6 cm³/mol. The van der Waals surface area contributed by atoms with Crippen molar-refractivity contribution in [3.63, 3.8) is 0 Å². The summed E-state index contributed by atoms with van der Waals surface area (Å²) in [5.41, 5.74) is 0.989. The van der Waals surface area contributed by atoms with Gasteiger partial charge in [-0.05, 0) is 26.7 Å². The SMILES string of the molecule is C#CC.C/C=C\C/C(=C\CC)CC(=O)O. The fourth-order valence-corrected chi connectivity index (χ4v) is 0.980. The first-order valence-electron chi connectivity index (χ1n) is 5.00. The molecule has 0 spiro atoms. The fraction of sp³-hybridized carbons (Fsp3) is 0.462. The second-order valence-electron chi connectivity index (χ2n) is 2.90. The molecule has 0 aliphatic carbocycles. The van der Waals surface area contributed by atoms with E-state index in [1.54, 1.807) is 6.92 Å². The van der Waals surface area contributed by atoms with Crippen molar-refractivity contribution in [3.8, 4) is 12.3 Å². The molecule has 0 unspecified atom stereocenters. The van der Waals surface area contributed by atoms with Gasteiger partial charge >= 0.3 is 5.97 Å². The largest absolute Gasteiger partial charge is 0.481 e. The molecule has 1 N–H and O–H groups in total. The van der Waals surface area contributed by atoms with E-state index in [0.29, 0.717) is 0 Å². The molecule has 0 saturated carbocycles. The van der Waals surface area contributed by atoms with Crippen LogP contribution < -0.4 is 0 Å². The third kappa shape index (κ3) is 15.3. The Hall–Kier alpha value is -1.49. The Kier molecular flexibility index (Phi) is 13.3. The highest BCUT2D eigenvalue weighted by atomic mass is 16.4. The summed E-state index contributed by atoms with van der Waals surface area (Å²) < 4.78 is 0. The quantitative estimate of drug-likeness (QED) is 0.555. The number of rotatable bonds is 5. The summed E-state index contributed by atoms with van der Waals surface area (Å²) in [6.45, 7) is 5.60. The number of carbonyl (C=O) groups is 1. The van der Waals surface area contributed by atoms with Gasteiger partial charge in [0, 0.05) is 0 Å². The van der Waals surface area contributed by atoms with Gasteiger partial charge in [-0.1, -0.05) is 30.7 Å². The van der Waals surface area contributed by atoms with Gasteiger partial charge in [-0.15, -0.1) is 12.3 Å². The Labute approximate surface area is 92.7 Å². The third-order valence-electron chi connectivity index (χ3n) is 1.49. The van der Waals surface area contributed by atoms with Crippen LogP contribution in [0.3, 0.4) is 0 Å². The minimum Gasteiger partial charge on any atom is -0.481 e. The van der Waals surface area contributed by atoms with Gasteiger partial charge in [0.15, 0.2) is 0 Å². The average Bonchev–Trinajstić information content (AvgIpc) is 2.15. The van der Waals surface area contributed by atoms with E-state index < -0.39 is 5.97 Å². The molecule has 2 nitrogen and oxygen atoms in total. The maximum atomic E-state index is 10.4. The fourth-order valence-electron chi connectivity index (χ4n) is 0.980. The van der Waals surface area contributed by atoms with Crippen LogP contribution >= 0.6 is 0 Å². The van der Waals surface area contributed by atoms with E-state index in [1.807, 2.05) is 32.1 Å². The van der Waals surface area contributed by atoms with E-state index in [-0.39, 0.29) is 6.42 Å². The molecule has 0 amide bonds. The molecular formula is C13H20O2. The molecule has 0 aromatic rings. The van der Waals surface area contributed by atoms with Crippen LogP contribution in [0, 0.1) is 12.3 Å². The summed E-state index contributed by atoms with van der Waals surface area (Å²) in [4.78, 5) is 10.4. The monoisotopic (exact) mass is 208 g/mol. The van der Waals surface area contributed by atoms with Gasteiger partial charge in [-0.2, -0.15) is 0 Å². The lowest BCUT2D eigenvalue weighted by molar-refractivity contribution is -0.136. The van der Waals surface area contributed by atoms with Crippen molar-refractivity contribution in [1.82, 2.24) is 0 Å². The summed E-state index contributed by atoms with van der Waals surface area (Å²) in [7, 11) is 0. The smallest absolute Gasteiger partial charge is 0.307 e. The first-order valence-corrected chi connectivity index (χ1v) is 5.00. The first-order chi connectivity index (χ1) is 7.12. The molecule has 0 atom stereocenters. The van der Waals surface area contributed by atoms with Gasteiger partial charge < -0.3 is 5.11 Å². The zero-order valence-corrected chi connectivity index (χ0v) is 9.79. The standard InChI is InChI=1S/C10H16O2.C3H4/c1-3-5-7-9(6-4-2)8-10(11)12;1-3-2/h3,5-6H,4,7-8H2,1-2H3,(H,11,12);1H,2H3/b5-3-,9-6+;. The predicted octanol–water partition coefficient (Wildman–Crippen LogP) is 3.40. The van der Waals surface area contributed by atoms with E-state index in [9.17, 15) is 4.79 Å². The number of terminal acetylenes is 1. The highest BCUT2D eigenvalue weighted by molar-refractivity contribution is 5.70. The van der Waals surface area contributed by atoms with E-state index in [1.165, 1.54) is 0 Å². The van der Waals surface area contributed by atoms with Gasteiger partial charge in [0.2, 0.25) is 0 Å². The zero-order chi connectivity index (χ0) is 12.1. The maximum Gasteiger partial charge on any atom is 0.307 e. The number of allylic oxidation sites excluding steroid dienone is 3. The Morgan fingerprint density at radius 3 is 2.40 bits per heavy atom. The van der Waals surface area contributed by atoms with Gasteiger partial charge in [0.25, 0.3) is 0 Å². The van der Waals surface area contributed by atoms with E-state index >= 15 is 0 Å². The average molecular weight is 208 g/mol. The minimum absolute atomic E-state index is 0.165. The topological polar surface area (TPSA) is 37.3 Å². The lowest BCUT2D eigenvalue weighted by Gasteiger charge is -1.99. The second-order valence-corrected chi connectivity index (χ2v) is 2.90. The second kappa shape index (κ2) is 12.5. The van der Waals surface area contributed by atoms with Crippen molar-refractivity contribution >= 4 is 5.97 Å². The van der Waals surface area contributed by atoms with Crippen LogP contribution in [0.5, 0.6) is 0 Å². The van der Waals surface area contributed by atoms with Crippen LogP contribution in [0.15, 0.2) is 23.8 Å². The van der Waals surface area contributed by atoms with Crippen LogP contribution in [0.4, 0.5) is 0 Å². The molecule has 0 aliphatic rings. The van der Waals surface area contributed by atoms with E-state index in [4.69, 9.17) is 5.11 Å². The molecule has 15 heavy (non-hydrogen) atoms.